The second kappa shape index (κ2) is 5.42. The van der Waals surface area contributed by atoms with Crippen molar-refractivity contribution in [1.82, 2.24) is 0 Å². The molecule has 0 saturated heterocycles. The highest BCUT2D eigenvalue weighted by atomic mass is 16.7. The smallest absolute Gasteiger partial charge is 0.202 e. The highest BCUT2D eigenvalue weighted by Crippen LogP contribution is 1.88. The average molecular weight is 130 g/mol. The van der Waals surface area contributed by atoms with Gasteiger partial charge in [0.05, 0.1) is 0 Å². The van der Waals surface area contributed by atoms with Crippen LogP contribution >= 0.6 is 0 Å². The Balaban J connectivity index is 2.99. The van der Waals surface area contributed by atoms with E-state index in [1.807, 2.05) is 6.11 Å². The predicted molar refractivity (Wildman–Crippen MR) is 32.3 cm³/mol. The minimum absolute atomic E-state index is 0.0749. The molecule has 0 amide bonds. The molecule has 0 spiro atoms. The van der Waals surface area contributed by atoms with Crippen molar-refractivity contribution in [3.8, 4) is 12.5 Å². The van der Waals surface area contributed by atoms with E-state index in [0.29, 0.717) is 0 Å². The van der Waals surface area contributed by atoms with Crippen LogP contribution in [0.1, 0.15) is 6.92 Å². The van der Waals surface area contributed by atoms with E-state index >= 15 is 0 Å². The van der Waals surface area contributed by atoms with E-state index in [-0.39, 0.29) is 13.1 Å². The molecule has 3 nitrogen and oxygen atoms in total. The first-order valence-electron chi connectivity index (χ1n) is 2.53. The summed E-state index contributed by atoms with van der Waals surface area (Å²) in [5.74, 6) is 0. The van der Waals surface area contributed by atoms with Gasteiger partial charge in [0.15, 0.2) is 6.29 Å². The van der Waals surface area contributed by atoms with E-state index in [9.17, 15) is 0 Å². The molecule has 0 saturated carbocycles. The molecule has 52 valence electrons. The Morgan fingerprint density at radius 3 is 2.78 bits per heavy atom. The molecule has 0 aliphatic heterocycles. The van der Waals surface area contributed by atoms with E-state index in [0.717, 1.165) is 0 Å². The van der Waals surface area contributed by atoms with Gasteiger partial charge < -0.3 is 14.2 Å². The molecule has 0 aromatic rings. The summed E-state index contributed by atoms with van der Waals surface area (Å²) < 4.78 is 14.0. The molecule has 3 heteroatoms. The van der Waals surface area contributed by atoms with Crippen LogP contribution in [-0.2, 0) is 14.2 Å². The van der Waals surface area contributed by atoms with Gasteiger partial charge in [-0.3, -0.25) is 0 Å². The summed E-state index contributed by atoms with van der Waals surface area (Å²) in [4.78, 5) is 0. The maximum atomic E-state index is 4.84. The van der Waals surface area contributed by atoms with Gasteiger partial charge in [0, 0.05) is 7.11 Å². The molecule has 1 unspecified atom stereocenters. The van der Waals surface area contributed by atoms with Gasteiger partial charge in [-0.05, 0) is 6.92 Å². The Morgan fingerprint density at radius 1 is 1.67 bits per heavy atom. The monoisotopic (exact) mass is 130 g/mol. The lowest BCUT2D eigenvalue weighted by molar-refractivity contribution is -0.156. The van der Waals surface area contributed by atoms with Crippen LogP contribution in [0.2, 0.25) is 0 Å². The molecule has 0 radical (unpaired) electrons. The molecule has 0 rings (SSSR count). The normalized spacial score (nSPS) is 12.1. The molecule has 0 heterocycles. The van der Waals surface area contributed by atoms with Gasteiger partial charge in [-0.1, -0.05) is 6.42 Å². The molecule has 1 atom stereocenters. The van der Waals surface area contributed by atoms with Crippen molar-refractivity contribution < 1.29 is 14.2 Å². The second-order valence-electron chi connectivity index (χ2n) is 1.35. The number of rotatable bonds is 4. The molecule has 0 aromatic carbocycles. The quantitative estimate of drug-likeness (QED) is 0.316. The van der Waals surface area contributed by atoms with Crippen LogP contribution in [0.15, 0.2) is 0 Å². The number of methoxy groups -OCH3 is 1. The van der Waals surface area contributed by atoms with Crippen LogP contribution in [0.4, 0.5) is 0 Å². The summed E-state index contributed by atoms with van der Waals surface area (Å²) in [6, 6.07) is 0. The Morgan fingerprint density at radius 2 is 2.33 bits per heavy atom. The molecule has 0 N–H and O–H groups in total. The van der Waals surface area contributed by atoms with Gasteiger partial charge in [0.2, 0.25) is 6.79 Å². The minimum atomic E-state index is -0.265. The topological polar surface area (TPSA) is 27.7 Å². The van der Waals surface area contributed by atoms with Crippen LogP contribution < -0.4 is 0 Å². The largest absolute Gasteiger partial charge is 0.418 e. The van der Waals surface area contributed by atoms with Crippen molar-refractivity contribution in [2.24, 2.45) is 0 Å². The van der Waals surface area contributed by atoms with Crippen LogP contribution in [0.5, 0.6) is 0 Å². The fourth-order valence-corrected chi connectivity index (χ4v) is 0.232. The molecule has 9 heavy (non-hydrogen) atoms. The van der Waals surface area contributed by atoms with Crippen LogP contribution in [0.25, 0.3) is 0 Å². The average Bonchev–Trinajstić information content (AvgIpc) is 1.89. The van der Waals surface area contributed by atoms with Crippen molar-refractivity contribution >= 4 is 0 Å². The summed E-state index contributed by atoms with van der Waals surface area (Å²) in [5, 5.41) is 0. The Bertz CT molecular complexity index is 95.0. The van der Waals surface area contributed by atoms with E-state index < -0.39 is 0 Å². The SMILES string of the molecule is C#COCOC(C)OC. The second-order valence-corrected chi connectivity index (χ2v) is 1.35. The zero-order chi connectivity index (χ0) is 7.11. The van der Waals surface area contributed by atoms with Gasteiger partial charge in [-0.25, -0.2) is 0 Å². The van der Waals surface area contributed by atoms with Crippen molar-refractivity contribution in [3.05, 3.63) is 0 Å². The zero-order valence-electron chi connectivity index (χ0n) is 5.59. The van der Waals surface area contributed by atoms with Gasteiger partial charge in [-0.15, -0.1) is 0 Å². The highest BCUT2D eigenvalue weighted by Gasteiger charge is 1.95. The molecule has 0 aliphatic carbocycles. The fourth-order valence-electron chi connectivity index (χ4n) is 0.232. The number of terminal acetylenes is 1. The summed E-state index contributed by atoms with van der Waals surface area (Å²) in [6.45, 7) is 1.82. The fraction of sp³-hybridized carbons (Fsp3) is 0.667. The first kappa shape index (κ1) is 8.28. The number of ether oxygens (including phenoxy) is 3. The van der Waals surface area contributed by atoms with Gasteiger partial charge in [0.1, 0.15) is 6.11 Å². The summed E-state index contributed by atoms with van der Waals surface area (Å²) in [7, 11) is 1.54. The molecular formula is C6H10O3. The van der Waals surface area contributed by atoms with Gasteiger partial charge in [0.25, 0.3) is 0 Å². The van der Waals surface area contributed by atoms with Crippen molar-refractivity contribution in [2.45, 2.75) is 13.2 Å². The standard InChI is InChI=1S/C6H10O3/c1-4-8-5-9-6(2)7-3/h1,6H,5H2,2-3H3. The van der Waals surface area contributed by atoms with Crippen molar-refractivity contribution in [2.75, 3.05) is 13.9 Å². The molecular weight excluding hydrogens is 120 g/mol. The Hall–Kier alpha value is -0.720. The van der Waals surface area contributed by atoms with E-state index in [1.165, 1.54) is 0 Å². The van der Waals surface area contributed by atoms with Crippen LogP contribution in [0.3, 0.4) is 0 Å². The van der Waals surface area contributed by atoms with E-state index in [4.69, 9.17) is 15.9 Å². The maximum absolute atomic E-state index is 4.84. The minimum Gasteiger partial charge on any atom is -0.418 e. The van der Waals surface area contributed by atoms with Crippen LogP contribution in [-0.4, -0.2) is 20.2 Å². The Labute approximate surface area is 54.9 Å². The van der Waals surface area contributed by atoms with Gasteiger partial charge in [-0.2, -0.15) is 0 Å². The first-order chi connectivity index (χ1) is 4.31. The molecule has 0 aromatic heterocycles. The lowest BCUT2D eigenvalue weighted by Gasteiger charge is -2.08. The molecule has 0 bridgehead atoms. The van der Waals surface area contributed by atoms with Gasteiger partial charge >= 0.3 is 0 Å². The van der Waals surface area contributed by atoms with E-state index in [2.05, 4.69) is 4.74 Å². The highest BCUT2D eigenvalue weighted by molar-refractivity contribution is 4.66. The van der Waals surface area contributed by atoms with Crippen molar-refractivity contribution in [3.63, 3.8) is 0 Å². The maximum Gasteiger partial charge on any atom is 0.202 e. The third-order valence-corrected chi connectivity index (χ3v) is 0.777. The lowest BCUT2D eigenvalue weighted by Crippen LogP contribution is -2.11. The molecule has 0 fully saturated rings. The third-order valence-electron chi connectivity index (χ3n) is 0.777. The summed E-state index contributed by atoms with van der Waals surface area (Å²) in [5.41, 5.74) is 0. The Kier molecular flexibility index (Phi) is 4.98. The lowest BCUT2D eigenvalue weighted by atomic mass is 10.8. The van der Waals surface area contributed by atoms with Crippen LogP contribution in [0, 0.1) is 12.5 Å². The van der Waals surface area contributed by atoms with Crippen molar-refractivity contribution in [1.29, 1.82) is 0 Å². The predicted octanol–water partition coefficient (Wildman–Crippen LogP) is 0.560. The summed E-state index contributed by atoms with van der Waals surface area (Å²) in [6.07, 6.45) is 6.46. The third kappa shape index (κ3) is 5.15. The van der Waals surface area contributed by atoms with E-state index in [1.54, 1.807) is 14.0 Å². The molecule has 0 aliphatic rings. The summed E-state index contributed by atoms with van der Waals surface area (Å²) >= 11 is 0. The number of hydrogen-bond acceptors (Lipinski definition) is 3. The number of hydrogen-bond donors (Lipinski definition) is 0. The zero-order valence-corrected chi connectivity index (χ0v) is 5.59. The first-order valence-corrected chi connectivity index (χ1v) is 2.53.